The zero-order valence-corrected chi connectivity index (χ0v) is 22.0. The Bertz CT molecular complexity index is 1080. The van der Waals surface area contributed by atoms with Gasteiger partial charge in [-0.3, -0.25) is 9.80 Å². The summed E-state index contributed by atoms with van der Waals surface area (Å²) >= 11 is 0. The molecule has 2 unspecified atom stereocenters. The highest BCUT2D eigenvalue weighted by atomic mass is 19.4. The Morgan fingerprint density at radius 1 is 1.03 bits per heavy atom. The molecule has 3 atom stereocenters. The number of rotatable bonds is 9. The molecular formula is C28H32F6N2O3. The van der Waals surface area contributed by atoms with Gasteiger partial charge in [-0.1, -0.05) is 42.2 Å². The van der Waals surface area contributed by atoms with E-state index < -0.39 is 41.9 Å². The zero-order chi connectivity index (χ0) is 28.6. The Morgan fingerprint density at radius 3 is 2.26 bits per heavy atom. The third-order valence-electron chi connectivity index (χ3n) is 6.30. The van der Waals surface area contributed by atoms with Gasteiger partial charge in [0, 0.05) is 20.2 Å². The van der Waals surface area contributed by atoms with E-state index in [0.29, 0.717) is 38.4 Å². The fraction of sp³-hybridized carbons (Fsp3) is 0.500. The highest BCUT2D eigenvalue weighted by Gasteiger charge is 2.39. The first kappa shape index (κ1) is 30.9. The van der Waals surface area contributed by atoms with Crippen molar-refractivity contribution >= 4 is 0 Å². The second-order valence-corrected chi connectivity index (χ2v) is 9.27. The van der Waals surface area contributed by atoms with Crippen molar-refractivity contribution in [1.82, 2.24) is 9.80 Å². The first-order chi connectivity index (χ1) is 18.4. The SMILES string of the molecule is COCCN(C)CC#CCN1CCOC(O[C@H](C)c2cc(C(F)(F)F)cc(C(F)(F)F)c2)C1c1ccccc1. The highest BCUT2D eigenvalue weighted by molar-refractivity contribution is 5.34. The van der Waals surface area contributed by atoms with Crippen LogP contribution in [-0.4, -0.2) is 69.6 Å². The van der Waals surface area contributed by atoms with Crippen LogP contribution in [0.15, 0.2) is 48.5 Å². The molecule has 1 aliphatic rings. The molecule has 1 aliphatic heterocycles. The van der Waals surface area contributed by atoms with Crippen LogP contribution in [0.4, 0.5) is 26.3 Å². The molecule has 214 valence electrons. The number of benzene rings is 2. The van der Waals surface area contributed by atoms with Gasteiger partial charge < -0.3 is 14.2 Å². The first-order valence-corrected chi connectivity index (χ1v) is 12.4. The Morgan fingerprint density at radius 2 is 1.67 bits per heavy atom. The minimum atomic E-state index is -4.95. The fourth-order valence-corrected chi connectivity index (χ4v) is 4.17. The molecule has 1 saturated heterocycles. The molecule has 3 rings (SSSR count). The topological polar surface area (TPSA) is 34.2 Å². The summed E-state index contributed by atoms with van der Waals surface area (Å²) in [5.41, 5.74) is -2.20. The monoisotopic (exact) mass is 558 g/mol. The molecule has 5 nitrogen and oxygen atoms in total. The van der Waals surface area contributed by atoms with E-state index in [1.807, 2.05) is 47.2 Å². The lowest BCUT2D eigenvalue weighted by molar-refractivity contribution is -0.228. The maximum absolute atomic E-state index is 13.4. The maximum Gasteiger partial charge on any atom is 0.416 e. The second-order valence-electron chi connectivity index (χ2n) is 9.27. The molecule has 2 aromatic carbocycles. The van der Waals surface area contributed by atoms with E-state index in [2.05, 4.69) is 11.8 Å². The number of morpholine rings is 1. The third kappa shape index (κ3) is 8.95. The van der Waals surface area contributed by atoms with Gasteiger partial charge >= 0.3 is 12.4 Å². The molecule has 39 heavy (non-hydrogen) atoms. The second kappa shape index (κ2) is 13.6. The Labute approximate surface area is 224 Å². The van der Waals surface area contributed by atoms with E-state index in [9.17, 15) is 26.3 Å². The molecule has 0 radical (unpaired) electrons. The van der Waals surface area contributed by atoms with Crippen LogP contribution < -0.4 is 0 Å². The van der Waals surface area contributed by atoms with Gasteiger partial charge in [0.1, 0.15) is 0 Å². The van der Waals surface area contributed by atoms with Gasteiger partial charge in [0.15, 0.2) is 6.29 Å². The average Bonchev–Trinajstić information content (AvgIpc) is 2.89. The molecule has 0 aliphatic carbocycles. The van der Waals surface area contributed by atoms with Gasteiger partial charge in [-0.05, 0) is 43.3 Å². The number of alkyl halides is 6. The molecule has 1 heterocycles. The van der Waals surface area contributed by atoms with Crippen molar-refractivity contribution in [3.63, 3.8) is 0 Å². The summed E-state index contributed by atoms with van der Waals surface area (Å²) in [6, 6.07) is 10.2. The fourth-order valence-electron chi connectivity index (χ4n) is 4.17. The quantitative estimate of drug-likeness (QED) is 0.288. The Hall–Kier alpha value is -2.62. The van der Waals surface area contributed by atoms with Crippen molar-refractivity contribution in [2.75, 3.05) is 53.6 Å². The molecule has 0 N–H and O–H groups in total. The molecule has 0 saturated carbocycles. The standard InChI is InChI=1S/C28H32F6N2O3/c1-20(22-17-23(27(29,30)31)19-24(18-22)28(32,33)34)39-26-25(21-9-5-4-6-10-21)36(14-16-38-26)12-8-7-11-35(2)13-15-37-3/h4-6,9-10,17-20,25-26H,11-16H2,1-3H3/t20-,25?,26?/m1/s1. The van der Waals surface area contributed by atoms with E-state index in [0.717, 1.165) is 12.1 Å². The summed E-state index contributed by atoms with van der Waals surface area (Å²) in [5.74, 6) is 6.27. The predicted molar refractivity (Wildman–Crippen MR) is 134 cm³/mol. The number of halogens is 6. The number of nitrogens with zero attached hydrogens (tertiary/aromatic N) is 2. The Kier molecular flexibility index (Phi) is 10.8. The van der Waals surface area contributed by atoms with E-state index in [-0.39, 0.29) is 18.2 Å². The van der Waals surface area contributed by atoms with Gasteiger partial charge in [-0.15, -0.1) is 0 Å². The van der Waals surface area contributed by atoms with Gasteiger partial charge in [-0.25, -0.2) is 0 Å². The number of methoxy groups -OCH3 is 1. The van der Waals surface area contributed by atoms with Crippen molar-refractivity contribution < 1.29 is 40.6 Å². The minimum Gasteiger partial charge on any atom is -0.383 e. The summed E-state index contributed by atoms with van der Waals surface area (Å²) < 4.78 is 97.3. The van der Waals surface area contributed by atoms with Crippen LogP contribution >= 0.6 is 0 Å². The van der Waals surface area contributed by atoms with Crippen molar-refractivity contribution in [3.8, 4) is 11.8 Å². The van der Waals surface area contributed by atoms with E-state index in [1.54, 1.807) is 7.11 Å². The number of hydrogen-bond acceptors (Lipinski definition) is 5. The van der Waals surface area contributed by atoms with Crippen molar-refractivity contribution in [3.05, 3.63) is 70.8 Å². The van der Waals surface area contributed by atoms with Crippen LogP contribution in [0.25, 0.3) is 0 Å². The maximum atomic E-state index is 13.4. The number of likely N-dealkylation sites (N-methyl/N-ethyl adjacent to an activating group) is 1. The molecule has 0 spiro atoms. The van der Waals surface area contributed by atoms with Gasteiger partial charge in [0.05, 0.1) is 49.6 Å². The lowest BCUT2D eigenvalue weighted by Crippen LogP contribution is -2.46. The van der Waals surface area contributed by atoms with E-state index >= 15 is 0 Å². The summed E-state index contributed by atoms with van der Waals surface area (Å²) in [6.07, 6.45) is -12.0. The average molecular weight is 559 g/mol. The summed E-state index contributed by atoms with van der Waals surface area (Å²) in [5, 5.41) is 0. The molecule has 0 bridgehead atoms. The lowest BCUT2D eigenvalue weighted by atomic mass is 10.0. The van der Waals surface area contributed by atoms with E-state index in [1.165, 1.54) is 6.92 Å². The largest absolute Gasteiger partial charge is 0.416 e. The van der Waals surface area contributed by atoms with Crippen LogP contribution in [0.5, 0.6) is 0 Å². The number of hydrogen-bond donors (Lipinski definition) is 0. The van der Waals surface area contributed by atoms with Crippen LogP contribution in [0, 0.1) is 11.8 Å². The van der Waals surface area contributed by atoms with Crippen LogP contribution in [0.1, 0.15) is 41.3 Å². The molecule has 0 amide bonds. The molecular weight excluding hydrogens is 526 g/mol. The zero-order valence-electron chi connectivity index (χ0n) is 22.0. The predicted octanol–water partition coefficient (Wildman–Crippen LogP) is 5.78. The lowest BCUT2D eigenvalue weighted by Gasteiger charge is -2.41. The summed E-state index contributed by atoms with van der Waals surface area (Å²) in [6.45, 7) is 4.42. The van der Waals surface area contributed by atoms with E-state index in [4.69, 9.17) is 14.2 Å². The summed E-state index contributed by atoms with van der Waals surface area (Å²) in [4.78, 5) is 4.05. The van der Waals surface area contributed by atoms with Gasteiger partial charge in [-0.2, -0.15) is 26.3 Å². The molecule has 11 heteroatoms. The van der Waals surface area contributed by atoms with Crippen molar-refractivity contribution in [1.29, 1.82) is 0 Å². The van der Waals surface area contributed by atoms with Gasteiger partial charge in [0.25, 0.3) is 0 Å². The molecule has 2 aromatic rings. The Balaban J connectivity index is 1.84. The van der Waals surface area contributed by atoms with Crippen LogP contribution in [-0.2, 0) is 26.6 Å². The van der Waals surface area contributed by atoms with Gasteiger partial charge in [0.2, 0.25) is 0 Å². The van der Waals surface area contributed by atoms with Crippen LogP contribution in [0.2, 0.25) is 0 Å². The summed E-state index contributed by atoms with van der Waals surface area (Å²) in [7, 11) is 3.56. The third-order valence-corrected chi connectivity index (χ3v) is 6.30. The number of ether oxygens (including phenoxy) is 3. The molecule has 1 fully saturated rings. The molecule has 0 aromatic heterocycles. The van der Waals surface area contributed by atoms with Crippen LogP contribution in [0.3, 0.4) is 0 Å². The minimum absolute atomic E-state index is 0.104. The normalized spacial score (nSPS) is 19.5. The highest BCUT2D eigenvalue weighted by Crippen LogP contribution is 2.39. The van der Waals surface area contributed by atoms with Crippen molar-refractivity contribution in [2.45, 2.75) is 37.7 Å². The van der Waals surface area contributed by atoms with Crippen molar-refractivity contribution in [2.24, 2.45) is 0 Å². The smallest absolute Gasteiger partial charge is 0.383 e. The first-order valence-electron chi connectivity index (χ1n) is 12.4.